The van der Waals surface area contributed by atoms with Crippen LogP contribution in [0.25, 0.3) is 0 Å². The summed E-state index contributed by atoms with van der Waals surface area (Å²) in [5.41, 5.74) is 2.14. The molecule has 1 N–H and O–H groups in total. The van der Waals surface area contributed by atoms with E-state index in [1.807, 2.05) is 67.6 Å². The molecule has 2 aromatic carbocycles. The molecule has 3 rings (SSSR count). The Morgan fingerprint density at radius 2 is 1.30 bits per heavy atom. The van der Waals surface area contributed by atoms with Crippen LogP contribution in [0, 0.1) is 0 Å². The molecule has 122 valence electrons. The van der Waals surface area contributed by atoms with Gasteiger partial charge in [-0.2, -0.15) is 0 Å². The molecule has 0 saturated carbocycles. The van der Waals surface area contributed by atoms with Gasteiger partial charge in [-0.05, 0) is 18.1 Å². The Kier molecular flexibility index (Phi) is 5.41. The number of hydrogen-bond acceptors (Lipinski definition) is 4. The zero-order valence-electron chi connectivity index (χ0n) is 13.2. The predicted octanol–water partition coefficient (Wildman–Crippen LogP) is 2.89. The average molecular weight is 314 g/mol. The quantitative estimate of drug-likeness (QED) is 0.890. The van der Waals surface area contributed by atoms with Gasteiger partial charge in [0.15, 0.2) is 6.29 Å². The maximum absolute atomic E-state index is 10.1. The second-order valence-corrected chi connectivity index (χ2v) is 5.75. The first-order chi connectivity index (χ1) is 11.2. The van der Waals surface area contributed by atoms with Gasteiger partial charge in [0.1, 0.15) is 12.2 Å². The van der Waals surface area contributed by atoms with Crippen LogP contribution in [0.3, 0.4) is 0 Å². The standard InChI is InChI=1S/C19H22O4/c1-14-17(21-12-15-8-4-2-5-9-15)18(19(20)23-14)22-13-16-10-6-3-7-11-16/h2-11,14,17-20H,12-13H2,1H3/t14-,17-,18-,19+/m1/s1. The van der Waals surface area contributed by atoms with Crippen molar-refractivity contribution in [3.63, 3.8) is 0 Å². The molecule has 1 fully saturated rings. The molecule has 1 aliphatic heterocycles. The summed E-state index contributed by atoms with van der Waals surface area (Å²) in [7, 11) is 0. The highest BCUT2D eigenvalue weighted by Gasteiger charge is 2.43. The van der Waals surface area contributed by atoms with Gasteiger partial charge < -0.3 is 19.3 Å². The van der Waals surface area contributed by atoms with Gasteiger partial charge in [-0.1, -0.05) is 60.7 Å². The first-order valence-electron chi connectivity index (χ1n) is 7.88. The number of aliphatic hydroxyl groups excluding tert-OH is 1. The van der Waals surface area contributed by atoms with Crippen LogP contribution in [0.15, 0.2) is 60.7 Å². The molecule has 1 heterocycles. The third-order valence-electron chi connectivity index (χ3n) is 3.99. The molecule has 0 aromatic heterocycles. The Morgan fingerprint density at radius 3 is 1.83 bits per heavy atom. The largest absolute Gasteiger partial charge is 0.368 e. The van der Waals surface area contributed by atoms with Crippen molar-refractivity contribution in [1.82, 2.24) is 0 Å². The smallest absolute Gasteiger partial charge is 0.184 e. The Hall–Kier alpha value is -1.72. The molecule has 4 nitrogen and oxygen atoms in total. The summed E-state index contributed by atoms with van der Waals surface area (Å²) < 4.78 is 17.3. The minimum Gasteiger partial charge on any atom is -0.368 e. The molecule has 1 aliphatic rings. The molecule has 0 radical (unpaired) electrons. The topological polar surface area (TPSA) is 47.9 Å². The fourth-order valence-electron chi connectivity index (χ4n) is 2.75. The molecule has 4 atom stereocenters. The molecule has 4 heteroatoms. The van der Waals surface area contributed by atoms with E-state index in [4.69, 9.17) is 14.2 Å². The van der Waals surface area contributed by atoms with Crippen molar-refractivity contribution in [1.29, 1.82) is 0 Å². The molecule has 0 unspecified atom stereocenters. The van der Waals surface area contributed by atoms with E-state index < -0.39 is 12.4 Å². The van der Waals surface area contributed by atoms with E-state index in [0.29, 0.717) is 13.2 Å². The van der Waals surface area contributed by atoms with Gasteiger partial charge in [-0.3, -0.25) is 0 Å². The van der Waals surface area contributed by atoms with Crippen LogP contribution in [0.2, 0.25) is 0 Å². The second-order valence-electron chi connectivity index (χ2n) is 5.75. The van der Waals surface area contributed by atoms with E-state index in [1.54, 1.807) is 0 Å². The minimum absolute atomic E-state index is 0.213. The molecule has 1 saturated heterocycles. The van der Waals surface area contributed by atoms with Gasteiger partial charge in [0, 0.05) is 0 Å². The highest BCUT2D eigenvalue weighted by atomic mass is 16.7. The SMILES string of the molecule is C[C@H]1O[C@H](O)[C@H](OCc2ccccc2)[C@@H]1OCc1ccccc1. The van der Waals surface area contributed by atoms with Crippen LogP contribution in [0.5, 0.6) is 0 Å². The second kappa shape index (κ2) is 7.70. The highest BCUT2D eigenvalue weighted by molar-refractivity contribution is 5.14. The van der Waals surface area contributed by atoms with E-state index >= 15 is 0 Å². The Balaban J connectivity index is 1.60. The van der Waals surface area contributed by atoms with Crippen molar-refractivity contribution >= 4 is 0 Å². The molecule has 0 spiro atoms. The fourth-order valence-corrected chi connectivity index (χ4v) is 2.75. The summed E-state index contributed by atoms with van der Waals surface area (Å²) in [6.45, 7) is 2.78. The first kappa shape index (κ1) is 16.1. The molecule has 0 bridgehead atoms. The first-order valence-corrected chi connectivity index (χ1v) is 7.88. The molecular weight excluding hydrogens is 292 g/mol. The van der Waals surface area contributed by atoms with Crippen LogP contribution >= 0.6 is 0 Å². The van der Waals surface area contributed by atoms with Gasteiger partial charge in [-0.25, -0.2) is 0 Å². The van der Waals surface area contributed by atoms with Gasteiger partial charge in [0.2, 0.25) is 0 Å². The van der Waals surface area contributed by atoms with E-state index in [0.717, 1.165) is 11.1 Å². The van der Waals surface area contributed by atoms with Gasteiger partial charge >= 0.3 is 0 Å². The molecule has 2 aromatic rings. The maximum Gasteiger partial charge on any atom is 0.184 e. The summed E-state index contributed by atoms with van der Waals surface area (Å²) in [4.78, 5) is 0. The van der Waals surface area contributed by atoms with E-state index in [1.165, 1.54) is 0 Å². The third-order valence-corrected chi connectivity index (χ3v) is 3.99. The summed E-state index contributed by atoms with van der Waals surface area (Å²) in [5.74, 6) is 0. The zero-order valence-corrected chi connectivity index (χ0v) is 13.2. The van der Waals surface area contributed by atoms with Crippen molar-refractivity contribution in [2.75, 3.05) is 0 Å². The van der Waals surface area contributed by atoms with Crippen LogP contribution in [-0.4, -0.2) is 29.7 Å². The van der Waals surface area contributed by atoms with Crippen LogP contribution < -0.4 is 0 Å². The summed E-state index contributed by atoms with van der Waals surface area (Å²) >= 11 is 0. The maximum atomic E-state index is 10.1. The number of rotatable bonds is 6. The lowest BCUT2D eigenvalue weighted by atomic mass is 10.1. The summed E-state index contributed by atoms with van der Waals surface area (Å²) in [5, 5.41) is 10.1. The lowest BCUT2D eigenvalue weighted by Crippen LogP contribution is -2.36. The minimum atomic E-state index is -0.963. The van der Waals surface area contributed by atoms with E-state index in [2.05, 4.69) is 0 Å². The molecule has 0 amide bonds. The van der Waals surface area contributed by atoms with Crippen LogP contribution in [0.4, 0.5) is 0 Å². The number of aliphatic hydroxyl groups is 1. The fraction of sp³-hybridized carbons (Fsp3) is 0.368. The zero-order chi connectivity index (χ0) is 16.1. The van der Waals surface area contributed by atoms with Crippen molar-refractivity contribution < 1.29 is 19.3 Å². The lowest BCUT2D eigenvalue weighted by molar-refractivity contribution is -0.147. The van der Waals surface area contributed by atoms with Gasteiger partial charge in [-0.15, -0.1) is 0 Å². The summed E-state index contributed by atoms with van der Waals surface area (Å²) in [6.07, 6.45) is -1.97. The van der Waals surface area contributed by atoms with Crippen molar-refractivity contribution in [3.8, 4) is 0 Å². The monoisotopic (exact) mass is 314 g/mol. The number of ether oxygens (including phenoxy) is 3. The van der Waals surface area contributed by atoms with Crippen molar-refractivity contribution in [2.24, 2.45) is 0 Å². The number of hydrogen-bond donors (Lipinski definition) is 1. The third kappa shape index (κ3) is 4.18. The van der Waals surface area contributed by atoms with Crippen molar-refractivity contribution in [2.45, 2.75) is 44.7 Å². The van der Waals surface area contributed by atoms with Crippen LogP contribution in [0.1, 0.15) is 18.1 Å². The lowest BCUT2D eigenvalue weighted by Gasteiger charge is -2.22. The van der Waals surface area contributed by atoms with Crippen molar-refractivity contribution in [3.05, 3.63) is 71.8 Å². The normalized spacial score (nSPS) is 27.2. The molecule has 23 heavy (non-hydrogen) atoms. The van der Waals surface area contributed by atoms with E-state index in [9.17, 15) is 5.11 Å². The van der Waals surface area contributed by atoms with Crippen LogP contribution in [-0.2, 0) is 27.4 Å². The Morgan fingerprint density at radius 1 is 0.826 bits per heavy atom. The highest BCUT2D eigenvalue weighted by Crippen LogP contribution is 2.26. The Labute approximate surface area is 136 Å². The average Bonchev–Trinajstić information content (AvgIpc) is 2.86. The molecular formula is C19H22O4. The molecule has 0 aliphatic carbocycles. The Bertz CT molecular complexity index is 533. The van der Waals surface area contributed by atoms with Gasteiger partial charge in [0.05, 0.1) is 19.3 Å². The predicted molar refractivity (Wildman–Crippen MR) is 86.6 cm³/mol. The van der Waals surface area contributed by atoms with Gasteiger partial charge in [0.25, 0.3) is 0 Å². The van der Waals surface area contributed by atoms with E-state index in [-0.39, 0.29) is 12.2 Å². The number of benzene rings is 2. The summed E-state index contributed by atoms with van der Waals surface area (Å²) in [6, 6.07) is 19.8.